The standard InChI is InChI=1S/C19H18N4O3/c1-11-7-13(9-20-18(11)24)19(25)21-14-4-2-3-12(8-14)17-15-10-26-6-5-16(15)22-23-17/h2-4,7-9H,5-6,10H2,1H3,(H,20,24)(H,21,25)(H,22,23). The Balaban J connectivity index is 1.60. The van der Waals surface area contributed by atoms with Crippen LogP contribution in [-0.4, -0.2) is 27.7 Å². The second kappa shape index (κ2) is 6.61. The molecule has 7 nitrogen and oxygen atoms in total. The Labute approximate surface area is 149 Å². The Kier molecular flexibility index (Phi) is 4.14. The molecule has 1 aliphatic rings. The van der Waals surface area contributed by atoms with Gasteiger partial charge in [-0.15, -0.1) is 0 Å². The highest BCUT2D eigenvalue weighted by atomic mass is 16.5. The van der Waals surface area contributed by atoms with Crippen LogP contribution in [-0.2, 0) is 17.8 Å². The average molecular weight is 350 g/mol. The maximum absolute atomic E-state index is 12.4. The van der Waals surface area contributed by atoms with Crippen LogP contribution in [0.1, 0.15) is 27.2 Å². The van der Waals surface area contributed by atoms with E-state index in [1.165, 1.54) is 6.20 Å². The normalized spacial score (nSPS) is 13.3. The van der Waals surface area contributed by atoms with Crippen molar-refractivity contribution in [2.24, 2.45) is 0 Å². The van der Waals surface area contributed by atoms with E-state index in [4.69, 9.17) is 4.74 Å². The van der Waals surface area contributed by atoms with E-state index < -0.39 is 0 Å². The van der Waals surface area contributed by atoms with E-state index in [-0.39, 0.29) is 11.5 Å². The number of benzene rings is 1. The maximum atomic E-state index is 12.4. The topological polar surface area (TPSA) is 99.9 Å². The SMILES string of the molecule is Cc1cc(C(=O)Nc2cccc(-c3n[nH]c4c3COCC4)c2)c[nH]c1=O. The minimum absolute atomic E-state index is 0.200. The predicted molar refractivity (Wildman–Crippen MR) is 97.1 cm³/mol. The zero-order valence-corrected chi connectivity index (χ0v) is 14.3. The van der Waals surface area contributed by atoms with Crippen LogP contribution in [0, 0.1) is 6.92 Å². The molecule has 0 radical (unpaired) electrons. The first-order chi connectivity index (χ1) is 12.6. The molecule has 0 unspecified atom stereocenters. The van der Waals surface area contributed by atoms with E-state index in [1.54, 1.807) is 13.0 Å². The molecule has 3 heterocycles. The Morgan fingerprint density at radius 3 is 3.04 bits per heavy atom. The Bertz CT molecular complexity index is 1040. The lowest BCUT2D eigenvalue weighted by Crippen LogP contribution is -2.16. The van der Waals surface area contributed by atoms with Gasteiger partial charge in [0.15, 0.2) is 0 Å². The van der Waals surface area contributed by atoms with E-state index in [1.807, 2.05) is 24.3 Å². The highest BCUT2D eigenvalue weighted by Crippen LogP contribution is 2.29. The fourth-order valence-electron chi connectivity index (χ4n) is 3.03. The molecule has 0 saturated carbocycles. The van der Waals surface area contributed by atoms with Crippen LogP contribution >= 0.6 is 0 Å². The lowest BCUT2D eigenvalue weighted by Gasteiger charge is -2.13. The molecule has 7 heteroatoms. The van der Waals surface area contributed by atoms with Crippen molar-refractivity contribution >= 4 is 11.6 Å². The fraction of sp³-hybridized carbons (Fsp3) is 0.211. The van der Waals surface area contributed by atoms with Crippen molar-refractivity contribution in [2.75, 3.05) is 11.9 Å². The number of H-pyrrole nitrogens is 2. The van der Waals surface area contributed by atoms with Gasteiger partial charge >= 0.3 is 0 Å². The van der Waals surface area contributed by atoms with Crippen LogP contribution < -0.4 is 10.9 Å². The van der Waals surface area contributed by atoms with Crippen LogP contribution in [0.3, 0.4) is 0 Å². The molecule has 1 amide bonds. The molecule has 0 bridgehead atoms. The molecule has 2 aromatic heterocycles. The number of aromatic amines is 2. The second-order valence-electron chi connectivity index (χ2n) is 6.27. The number of carbonyl (C=O) groups is 1. The average Bonchev–Trinajstić information content (AvgIpc) is 3.08. The molecule has 1 aromatic carbocycles. The van der Waals surface area contributed by atoms with Crippen LogP contribution in [0.15, 0.2) is 41.3 Å². The number of carbonyl (C=O) groups excluding carboxylic acids is 1. The van der Waals surface area contributed by atoms with Gasteiger partial charge in [-0.05, 0) is 25.1 Å². The lowest BCUT2D eigenvalue weighted by molar-refractivity contribution is 0.102. The van der Waals surface area contributed by atoms with E-state index in [0.29, 0.717) is 30.0 Å². The summed E-state index contributed by atoms with van der Waals surface area (Å²) in [5.41, 5.74) is 5.27. The Morgan fingerprint density at radius 1 is 1.31 bits per heavy atom. The van der Waals surface area contributed by atoms with Crippen molar-refractivity contribution < 1.29 is 9.53 Å². The van der Waals surface area contributed by atoms with Gasteiger partial charge in [0.25, 0.3) is 11.5 Å². The number of fused-ring (bicyclic) bond motifs is 1. The van der Waals surface area contributed by atoms with Crippen molar-refractivity contribution in [1.29, 1.82) is 0 Å². The van der Waals surface area contributed by atoms with Gasteiger partial charge in [0.1, 0.15) is 0 Å². The number of anilines is 1. The van der Waals surface area contributed by atoms with Crippen molar-refractivity contribution in [3.8, 4) is 11.3 Å². The number of hydrogen-bond acceptors (Lipinski definition) is 4. The molecule has 3 aromatic rings. The zero-order valence-electron chi connectivity index (χ0n) is 14.3. The summed E-state index contributed by atoms with van der Waals surface area (Å²) < 4.78 is 5.53. The Hall–Kier alpha value is -3.19. The maximum Gasteiger partial charge on any atom is 0.257 e. The molecule has 1 aliphatic heterocycles. The number of pyridine rings is 1. The Morgan fingerprint density at radius 2 is 2.19 bits per heavy atom. The summed E-state index contributed by atoms with van der Waals surface area (Å²) >= 11 is 0. The summed E-state index contributed by atoms with van der Waals surface area (Å²) in [5.74, 6) is -0.283. The summed E-state index contributed by atoms with van der Waals surface area (Å²) in [4.78, 5) is 26.4. The first-order valence-corrected chi connectivity index (χ1v) is 8.37. The van der Waals surface area contributed by atoms with Crippen molar-refractivity contribution in [3.63, 3.8) is 0 Å². The van der Waals surface area contributed by atoms with Gasteiger partial charge in [0.05, 0.1) is 24.5 Å². The summed E-state index contributed by atoms with van der Waals surface area (Å²) in [5, 5.41) is 10.3. The molecule has 0 fully saturated rings. The van der Waals surface area contributed by atoms with Gasteiger partial charge in [-0.3, -0.25) is 14.7 Å². The molecule has 132 valence electrons. The monoisotopic (exact) mass is 350 g/mol. The number of nitrogens with one attached hydrogen (secondary N) is 3. The summed E-state index contributed by atoms with van der Waals surface area (Å²) in [6.45, 7) is 2.90. The summed E-state index contributed by atoms with van der Waals surface area (Å²) in [7, 11) is 0. The van der Waals surface area contributed by atoms with Crippen molar-refractivity contribution in [3.05, 3.63) is 69.3 Å². The number of hydrogen-bond donors (Lipinski definition) is 3. The van der Waals surface area contributed by atoms with Crippen LogP contribution in [0.2, 0.25) is 0 Å². The minimum atomic E-state index is -0.283. The van der Waals surface area contributed by atoms with E-state index in [9.17, 15) is 9.59 Å². The van der Waals surface area contributed by atoms with E-state index in [2.05, 4.69) is 20.5 Å². The van der Waals surface area contributed by atoms with Gasteiger partial charge in [-0.1, -0.05) is 12.1 Å². The number of nitrogens with zero attached hydrogens (tertiary/aromatic N) is 1. The highest BCUT2D eigenvalue weighted by molar-refractivity contribution is 6.04. The number of aromatic nitrogens is 3. The fourth-order valence-corrected chi connectivity index (χ4v) is 3.03. The molecule has 3 N–H and O–H groups in total. The van der Waals surface area contributed by atoms with Crippen LogP contribution in [0.5, 0.6) is 0 Å². The smallest absolute Gasteiger partial charge is 0.257 e. The molecule has 0 spiro atoms. The summed E-state index contributed by atoms with van der Waals surface area (Å²) in [6, 6.07) is 9.08. The molecule has 0 aliphatic carbocycles. The second-order valence-corrected chi connectivity index (χ2v) is 6.27. The van der Waals surface area contributed by atoms with Gasteiger partial charge in [0.2, 0.25) is 0 Å². The van der Waals surface area contributed by atoms with Gasteiger partial charge in [0, 0.05) is 40.7 Å². The molecule has 0 saturated heterocycles. The van der Waals surface area contributed by atoms with Gasteiger partial charge < -0.3 is 15.0 Å². The van der Waals surface area contributed by atoms with Crippen molar-refractivity contribution in [2.45, 2.75) is 20.0 Å². The lowest BCUT2D eigenvalue weighted by atomic mass is 10.0. The summed E-state index contributed by atoms with van der Waals surface area (Å²) in [6.07, 6.45) is 2.24. The van der Waals surface area contributed by atoms with Gasteiger partial charge in [-0.2, -0.15) is 5.10 Å². The molecular weight excluding hydrogens is 332 g/mol. The van der Waals surface area contributed by atoms with Crippen molar-refractivity contribution in [1.82, 2.24) is 15.2 Å². The minimum Gasteiger partial charge on any atom is -0.376 e. The molecular formula is C19H18N4O3. The molecule has 0 atom stereocenters. The number of ether oxygens (including phenoxy) is 1. The zero-order chi connectivity index (χ0) is 18.1. The van der Waals surface area contributed by atoms with E-state index in [0.717, 1.165) is 28.9 Å². The third kappa shape index (κ3) is 3.04. The number of aryl methyl sites for hydroxylation is 1. The first-order valence-electron chi connectivity index (χ1n) is 8.37. The third-order valence-electron chi connectivity index (χ3n) is 4.44. The number of amides is 1. The van der Waals surface area contributed by atoms with Gasteiger partial charge in [-0.25, -0.2) is 0 Å². The van der Waals surface area contributed by atoms with Crippen LogP contribution in [0.4, 0.5) is 5.69 Å². The van der Waals surface area contributed by atoms with E-state index >= 15 is 0 Å². The number of rotatable bonds is 3. The predicted octanol–water partition coefficient (Wildman–Crippen LogP) is 2.40. The molecule has 4 rings (SSSR count). The first kappa shape index (κ1) is 16.3. The van der Waals surface area contributed by atoms with Crippen LogP contribution in [0.25, 0.3) is 11.3 Å². The quantitative estimate of drug-likeness (QED) is 0.675. The molecule has 26 heavy (non-hydrogen) atoms. The highest BCUT2D eigenvalue weighted by Gasteiger charge is 2.18. The third-order valence-corrected chi connectivity index (χ3v) is 4.44. The largest absolute Gasteiger partial charge is 0.376 e.